The number of halogens is 1. The number of carbonyl (C=O) groups is 1. The Hall–Kier alpha value is -1.92. The van der Waals surface area contributed by atoms with Gasteiger partial charge in [0.15, 0.2) is 5.82 Å². The number of hydrogen-bond acceptors (Lipinski definition) is 5. The molecule has 4 rings (SSSR count). The molecular formula is C18H21ClN4O2. The molecule has 1 aromatic heterocycles. The Kier molecular flexibility index (Phi) is 3.85. The summed E-state index contributed by atoms with van der Waals surface area (Å²) in [7, 11) is 0. The van der Waals surface area contributed by atoms with Crippen molar-refractivity contribution in [3.8, 4) is 0 Å². The van der Waals surface area contributed by atoms with E-state index < -0.39 is 5.54 Å². The quantitative estimate of drug-likeness (QED) is 0.876. The second-order valence-corrected chi connectivity index (χ2v) is 8.03. The van der Waals surface area contributed by atoms with E-state index in [4.69, 9.17) is 16.1 Å². The van der Waals surface area contributed by atoms with Gasteiger partial charge in [-0.1, -0.05) is 22.8 Å². The second-order valence-electron chi connectivity index (χ2n) is 7.59. The molecule has 1 aromatic carbocycles. The Morgan fingerprint density at radius 1 is 1.48 bits per heavy atom. The molecule has 1 saturated heterocycles. The zero-order valence-electron chi connectivity index (χ0n) is 14.3. The molecule has 2 unspecified atom stereocenters. The van der Waals surface area contributed by atoms with Crippen molar-refractivity contribution in [3.05, 3.63) is 46.6 Å². The predicted molar refractivity (Wildman–Crippen MR) is 93.5 cm³/mol. The summed E-state index contributed by atoms with van der Waals surface area (Å²) in [5.41, 5.74) is 0.0669. The topological polar surface area (TPSA) is 80.0 Å². The standard InChI is InChI=1S/C18H21ClN4O2/c1-17(2,22-14(24)11-4-3-5-12(19)8-11)16-21-15(25-23-16)13-9-18(13)6-7-20-10-18/h3-5,8,13,20H,6-7,9-10H2,1-2H3,(H,22,24). The molecule has 2 atom stereocenters. The van der Waals surface area contributed by atoms with Gasteiger partial charge in [0.05, 0.1) is 5.54 Å². The molecule has 7 heteroatoms. The first-order valence-corrected chi connectivity index (χ1v) is 8.90. The SMILES string of the molecule is CC(C)(NC(=O)c1cccc(Cl)c1)c1noc(C2CC23CCNC3)n1. The van der Waals surface area contributed by atoms with Crippen LogP contribution in [0.3, 0.4) is 0 Å². The number of nitrogens with zero attached hydrogens (tertiary/aromatic N) is 2. The molecule has 0 radical (unpaired) electrons. The molecule has 2 aliphatic rings. The van der Waals surface area contributed by atoms with Crippen LogP contribution in [-0.2, 0) is 5.54 Å². The lowest BCUT2D eigenvalue weighted by atomic mass is 10.0. The normalized spacial score (nSPS) is 25.3. The molecule has 132 valence electrons. The van der Waals surface area contributed by atoms with Crippen LogP contribution in [0, 0.1) is 5.41 Å². The predicted octanol–water partition coefficient (Wildman–Crippen LogP) is 2.86. The largest absolute Gasteiger partial charge is 0.340 e. The molecule has 2 aromatic rings. The molecule has 25 heavy (non-hydrogen) atoms. The number of nitrogens with one attached hydrogen (secondary N) is 2. The van der Waals surface area contributed by atoms with Gasteiger partial charge >= 0.3 is 0 Å². The van der Waals surface area contributed by atoms with E-state index in [0.717, 1.165) is 25.9 Å². The number of amides is 1. The fourth-order valence-electron chi connectivity index (χ4n) is 3.60. The molecule has 1 amide bonds. The Labute approximate surface area is 151 Å². The number of rotatable bonds is 4. The fraction of sp³-hybridized carbons (Fsp3) is 0.500. The Morgan fingerprint density at radius 2 is 2.32 bits per heavy atom. The van der Waals surface area contributed by atoms with Crippen molar-refractivity contribution < 1.29 is 9.32 Å². The summed E-state index contributed by atoms with van der Waals surface area (Å²) in [5, 5.41) is 11.0. The highest BCUT2D eigenvalue weighted by molar-refractivity contribution is 6.30. The Balaban J connectivity index is 1.48. The van der Waals surface area contributed by atoms with Crippen LogP contribution >= 0.6 is 11.6 Å². The number of carbonyl (C=O) groups excluding carboxylic acids is 1. The minimum Gasteiger partial charge on any atom is -0.340 e. The van der Waals surface area contributed by atoms with Crippen molar-refractivity contribution in [2.75, 3.05) is 13.1 Å². The zero-order chi connectivity index (χ0) is 17.7. The molecule has 1 aliphatic carbocycles. The molecule has 1 spiro atoms. The summed E-state index contributed by atoms with van der Waals surface area (Å²) in [6.45, 7) is 5.80. The van der Waals surface area contributed by atoms with Crippen LogP contribution in [0.2, 0.25) is 5.02 Å². The number of benzene rings is 1. The van der Waals surface area contributed by atoms with Gasteiger partial charge in [-0.25, -0.2) is 0 Å². The maximum absolute atomic E-state index is 12.5. The Bertz CT molecular complexity index is 811. The smallest absolute Gasteiger partial charge is 0.252 e. The summed E-state index contributed by atoms with van der Waals surface area (Å²) in [4.78, 5) is 17.1. The summed E-state index contributed by atoms with van der Waals surface area (Å²) in [6.07, 6.45) is 2.25. The van der Waals surface area contributed by atoms with Gasteiger partial charge in [0.1, 0.15) is 0 Å². The minimum absolute atomic E-state index is 0.221. The highest BCUT2D eigenvalue weighted by Crippen LogP contribution is 2.62. The lowest BCUT2D eigenvalue weighted by Crippen LogP contribution is -2.41. The van der Waals surface area contributed by atoms with Crippen molar-refractivity contribution >= 4 is 17.5 Å². The van der Waals surface area contributed by atoms with E-state index >= 15 is 0 Å². The van der Waals surface area contributed by atoms with Crippen molar-refractivity contribution in [1.29, 1.82) is 0 Å². The van der Waals surface area contributed by atoms with E-state index in [-0.39, 0.29) is 5.91 Å². The van der Waals surface area contributed by atoms with E-state index in [1.165, 1.54) is 0 Å². The van der Waals surface area contributed by atoms with Gasteiger partial charge in [-0.05, 0) is 56.8 Å². The average molecular weight is 361 g/mol. The highest BCUT2D eigenvalue weighted by Gasteiger charge is 2.58. The van der Waals surface area contributed by atoms with Gasteiger partial charge in [0.2, 0.25) is 5.89 Å². The monoisotopic (exact) mass is 360 g/mol. The molecular weight excluding hydrogens is 340 g/mol. The molecule has 1 saturated carbocycles. The van der Waals surface area contributed by atoms with Crippen LogP contribution in [-0.4, -0.2) is 29.1 Å². The third-order valence-corrected chi connectivity index (χ3v) is 5.51. The first-order valence-electron chi connectivity index (χ1n) is 8.53. The van der Waals surface area contributed by atoms with E-state index in [1.54, 1.807) is 24.3 Å². The van der Waals surface area contributed by atoms with Crippen LogP contribution in [0.5, 0.6) is 0 Å². The van der Waals surface area contributed by atoms with Gasteiger partial charge in [0.25, 0.3) is 5.91 Å². The minimum atomic E-state index is -0.739. The first kappa shape index (κ1) is 16.5. The van der Waals surface area contributed by atoms with Crippen LogP contribution in [0.4, 0.5) is 0 Å². The highest BCUT2D eigenvalue weighted by atomic mass is 35.5. The number of hydrogen-bond donors (Lipinski definition) is 2. The Morgan fingerprint density at radius 3 is 3.04 bits per heavy atom. The third-order valence-electron chi connectivity index (χ3n) is 5.28. The van der Waals surface area contributed by atoms with E-state index in [2.05, 4.69) is 20.8 Å². The average Bonchev–Trinajstić information content (AvgIpc) is 2.94. The molecule has 2 heterocycles. The van der Waals surface area contributed by atoms with Crippen LogP contribution in [0.15, 0.2) is 28.8 Å². The lowest BCUT2D eigenvalue weighted by Gasteiger charge is -2.22. The van der Waals surface area contributed by atoms with Gasteiger partial charge in [-0.2, -0.15) is 4.98 Å². The van der Waals surface area contributed by atoms with Crippen molar-refractivity contribution in [2.45, 2.75) is 38.1 Å². The molecule has 2 N–H and O–H groups in total. The lowest BCUT2D eigenvalue weighted by molar-refractivity contribution is 0.0907. The van der Waals surface area contributed by atoms with Gasteiger partial charge in [0, 0.05) is 23.0 Å². The number of aromatic nitrogens is 2. The van der Waals surface area contributed by atoms with Crippen LogP contribution < -0.4 is 10.6 Å². The van der Waals surface area contributed by atoms with Crippen molar-refractivity contribution in [1.82, 2.24) is 20.8 Å². The van der Waals surface area contributed by atoms with Crippen molar-refractivity contribution in [3.63, 3.8) is 0 Å². The zero-order valence-corrected chi connectivity index (χ0v) is 15.1. The maximum atomic E-state index is 12.5. The second kappa shape index (κ2) is 5.81. The van der Waals surface area contributed by atoms with Gasteiger partial charge < -0.3 is 15.2 Å². The summed E-state index contributed by atoms with van der Waals surface area (Å²) < 4.78 is 5.51. The summed E-state index contributed by atoms with van der Waals surface area (Å²) >= 11 is 5.96. The molecule has 1 aliphatic heterocycles. The fourth-order valence-corrected chi connectivity index (χ4v) is 3.79. The summed E-state index contributed by atoms with van der Waals surface area (Å²) in [6, 6.07) is 6.84. The van der Waals surface area contributed by atoms with Crippen molar-refractivity contribution in [2.24, 2.45) is 5.41 Å². The van der Waals surface area contributed by atoms with Crippen LogP contribution in [0.25, 0.3) is 0 Å². The van der Waals surface area contributed by atoms with Crippen LogP contribution in [0.1, 0.15) is 54.7 Å². The van der Waals surface area contributed by atoms with E-state index in [0.29, 0.717) is 33.6 Å². The maximum Gasteiger partial charge on any atom is 0.252 e. The first-order chi connectivity index (χ1) is 11.9. The van der Waals surface area contributed by atoms with E-state index in [1.807, 2.05) is 13.8 Å². The van der Waals surface area contributed by atoms with Gasteiger partial charge in [-0.3, -0.25) is 4.79 Å². The van der Waals surface area contributed by atoms with E-state index in [9.17, 15) is 4.79 Å². The molecule has 2 fully saturated rings. The third kappa shape index (κ3) is 3.04. The summed E-state index contributed by atoms with van der Waals surface area (Å²) in [5.74, 6) is 1.29. The molecule has 6 nitrogen and oxygen atoms in total. The van der Waals surface area contributed by atoms with Gasteiger partial charge in [-0.15, -0.1) is 0 Å². The molecule has 0 bridgehead atoms.